The lowest BCUT2D eigenvalue weighted by molar-refractivity contribution is -0.248. The molecule has 0 saturated heterocycles. The lowest BCUT2D eigenvalue weighted by atomic mass is 9.77. The zero-order chi connectivity index (χ0) is 24.7. The predicted octanol–water partition coefficient (Wildman–Crippen LogP) is 9.53. The maximum absolute atomic E-state index is 14.7. The molecule has 2 aromatic carbocycles. The van der Waals surface area contributed by atoms with Gasteiger partial charge >= 0.3 is 6.11 Å². The first kappa shape index (κ1) is 26.1. The van der Waals surface area contributed by atoms with Crippen LogP contribution in [0.1, 0.15) is 105 Å². The number of rotatable bonds is 10. The molecule has 2 saturated carbocycles. The van der Waals surface area contributed by atoms with Crippen molar-refractivity contribution < 1.29 is 13.5 Å². The summed E-state index contributed by atoms with van der Waals surface area (Å²) in [6, 6.07) is 15.4. The number of halogens is 2. The third kappa shape index (κ3) is 7.03. The molecule has 2 fully saturated rings. The molecule has 0 atom stereocenters. The zero-order valence-corrected chi connectivity index (χ0v) is 21.4. The quantitative estimate of drug-likeness (QED) is 0.308. The average molecular weight is 481 g/mol. The van der Waals surface area contributed by atoms with Crippen molar-refractivity contribution in [3.63, 3.8) is 0 Å². The van der Waals surface area contributed by atoms with Gasteiger partial charge in [0.1, 0.15) is 0 Å². The van der Waals surface area contributed by atoms with E-state index in [4.69, 9.17) is 4.74 Å². The lowest BCUT2D eigenvalue weighted by Crippen LogP contribution is -2.20. The Labute approximate surface area is 211 Å². The van der Waals surface area contributed by atoms with Gasteiger partial charge in [-0.3, -0.25) is 0 Å². The van der Waals surface area contributed by atoms with Crippen LogP contribution in [0.25, 0.3) is 0 Å². The van der Waals surface area contributed by atoms with E-state index < -0.39 is 6.11 Å². The molecule has 2 aliphatic rings. The Morgan fingerprint density at radius 2 is 1.37 bits per heavy atom. The van der Waals surface area contributed by atoms with Crippen molar-refractivity contribution in [2.45, 2.75) is 95.5 Å². The van der Waals surface area contributed by atoms with Crippen molar-refractivity contribution in [3.8, 4) is 0 Å². The van der Waals surface area contributed by atoms with Crippen LogP contribution < -0.4 is 0 Å². The van der Waals surface area contributed by atoms with Crippen molar-refractivity contribution in [1.29, 1.82) is 0 Å². The molecule has 4 rings (SSSR count). The largest absolute Gasteiger partial charge is 0.383 e. The summed E-state index contributed by atoms with van der Waals surface area (Å²) in [6.45, 7) is 6.17. The van der Waals surface area contributed by atoms with Crippen LogP contribution in [0.15, 0.2) is 61.2 Å². The van der Waals surface area contributed by atoms with Gasteiger partial charge in [-0.05, 0) is 98.1 Å². The second kappa shape index (κ2) is 12.3. The maximum atomic E-state index is 14.7. The first-order chi connectivity index (χ1) is 17.0. The highest BCUT2D eigenvalue weighted by Crippen LogP contribution is 2.39. The molecule has 0 bridgehead atoms. The van der Waals surface area contributed by atoms with Crippen molar-refractivity contribution >= 4 is 0 Å². The van der Waals surface area contributed by atoms with Gasteiger partial charge in [0.15, 0.2) is 0 Å². The predicted molar refractivity (Wildman–Crippen MR) is 141 cm³/mol. The molecule has 2 aliphatic carbocycles. The number of benzene rings is 2. The number of allylic oxidation sites excluding steroid dienone is 1. The summed E-state index contributed by atoms with van der Waals surface area (Å²) in [6.07, 6.45) is 11.6. The Kier molecular flexibility index (Phi) is 9.16. The smallest absolute Gasteiger partial charge is 0.316 e. The molecule has 0 aliphatic heterocycles. The van der Waals surface area contributed by atoms with E-state index >= 15 is 0 Å². The highest BCUT2D eigenvalue weighted by molar-refractivity contribution is 5.28. The number of ether oxygens (including phenoxy) is 1. The Morgan fingerprint density at radius 1 is 0.829 bits per heavy atom. The Balaban J connectivity index is 1.24. The van der Waals surface area contributed by atoms with Crippen LogP contribution in [0, 0.1) is 11.8 Å². The molecule has 0 amide bonds. The summed E-state index contributed by atoms with van der Waals surface area (Å²) in [5.74, 6) is 2.62. The molecule has 0 aromatic heterocycles. The summed E-state index contributed by atoms with van der Waals surface area (Å²) >= 11 is 0. The molecular weight excluding hydrogens is 438 g/mol. The van der Waals surface area contributed by atoms with Crippen molar-refractivity contribution in [1.82, 2.24) is 0 Å². The molecule has 1 nitrogen and oxygen atoms in total. The van der Waals surface area contributed by atoms with Gasteiger partial charge in [-0.2, -0.15) is 8.78 Å². The highest BCUT2D eigenvalue weighted by atomic mass is 19.3. The van der Waals surface area contributed by atoms with Crippen LogP contribution in [0.2, 0.25) is 0 Å². The van der Waals surface area contributed by atoms with Gasteiger partial charge in [-0.25, -0.2) is 0 Å². The Bertz CT molecular complexity index is 902. The Hall–Kier alpha value is -2.00. The van der Waals surface area contributed by atoms with Gasteiger partial charge in [0, 0.05) is 0 Å². The molecule has 0 radical (unpaired) electrons. The summed E-state index contributed by atoms with van der Waals surface area (Å²) in [7, 11) is 0. The highest BCUT2D eigenvalue weighted by Gasteiger charge is 2.33. The molecule has 0 unspecified atom stereocenters. The minimum Gasteiger partial charge on any atom is -0.316 e. The van der Waals surface area contributed by atoms with Crippen LogP contribution in [0.4, 0.5) is 8.78 Å². The van der Waals surface area contributed by atoms with Gasteiger partial charge in [0.2, 0.25) is 0 Å². The molecule has 2 aromatic rings. The maximum Gasteiger partial charge on any atom is 0.383 e. The summed E-state index contributed by atoms with van der Waals surface area (Å²) in [5.41, 5.74) is 3.55. The number of hydrogen-bond donors (Lipinski definition) is 0. The number of hydrogen-bond acceptors (Lipinski definition) is 1. The molecule has 3 heteroatoms. The second-order valence-electron chi connectivity index (χ2n) is 10.8. The molecular formula is C32H42F2O. The first-order valence-corrected chi connectivity index (χ1v) is 13.8. The third-order valence-electron chi connectivity index (χ3n) is 8.49. The van der Waals surface area contributed by atoms with Crippen LogP contribution in [-0.2, 0) is 17.3 Å². The van der Waals surface area contributed by atoms with E-state index in [1.807, 2.05) is 18.2 Å². The first-order valence-electron chi connectivity index (χ1n) is 13.8. The monoisotopic (exact) mass is 480 g/mol. The van der Waals surface area contributed by atoms with Crippen LogP contribution in [0.5, 0.6) is 0 Å². The summed E-state index contributed by atoms with van der Waals surface area (Å²) in [4.78, 5) is 0. The molecule has 35 heavy (non-hydrogen) atoms. The zero-order valence-electron chi connectivity index (χ0n) is 21.4. The van der Waals surface area contributed by atoms with Crippen molar-refractivity contribution in [2.75, 3.05) is 6.61 Å². The minimum atomic E-state index is -3.27. The van der Waals surface area contributed by atoms with E-state index in [0.717, 1.165) is 42.7 Å². The lowest BCUT2D eigenvalue weighted by Gasteiger charge is -2.28. The van der Waals surface area contributed by atoms with Gasteiger partial charge < -0.3 is 4.74 Å². The SMILES string of the molecule is C=CC1CCC(c2ccc(C(F)(F)OCCc3ccc(C4CCC(CCC)CC4)cc3)cc2)CC1. The van der Waals surface area contributed by atoms with Gasteiger partial charge in [-0.15, -0.1) is 6.58 Å². The normalized spacial score (nSPS) is 25.3. The van der Waals surface area contributed by atoms with Gasteiger partial charge in [0.25, 0.3) is 0 Å². The minimum absolute atomic E-state index is 0.00178. The van der Waals surface area contributed by atoms with Gasteiger partial charge in [0.05, 0.1) is 12.2 Å². The molecule has 190 valence electrons. The van der Waals surface area contributed by atoms with Crippen LogP contribution >= 0.6 is 0 Å². The van der Waals surface area contributed by atoms with Gasteiger partial charge in [-0.1, -0.05) is 74.4 Å². The Morgan fingerprint density at radius 3 is 1.91 bits per heavy atom. The summed E-state index contributed by atoms with van der Waals surface area (Å²) in [5, 5.41) is 0. The van der Waals surface area contributed by atoms with E-state index in [1.54, 1.807) is 12.1 Å². The third-order valence-corrected chi connectivity index (χ3v) is 8.49. The van der Waals surface area contributed by atoms with Crippen LogP contribution in [-0.4, -0.2) is 6.61 Å². The fraction of sp³-hybridized carbons (Fsp3) is 0.562. The fourth-order valence-electron chi connectivity index (χ4n) is 6.17. The van der Waals surface area contributed by atoms with E-state index in [2.05, 4.69) is 37.8 Å². The second-order valence-corrected chi connectivity index (χ2v) is 10.8. The van der Waals surface area contributed by atoms with E-state index in [9.17, 15) is 8.78 Å². The van der Waals surface area contributed by atoms with E-state index in [1.165, 1.54) is 44.1 Å². The average Bonchev–Trinajstić information content (AvgIpc) is 2.90. The molecule has 0 N–H and O–H groups in total. The van der Waals surface area contributed by atoms with Crippen molar-refractivity contribution in [3.05, 3.63) is 83.4 Å². The van der Waals surface area contributed by atoms with E-state index in [-0.39, 0.29) is 12.2 Å². The molecule has 0 heterocycles. The molecule has 0 spiro atoms. The van der Waals surface area contributed by atoms with Crippen LogP contribution in [0.3, 0.4) is 0 Å². The standard InChI is InChI=1S/C32H42F2O/c1-3-5-25-8-14-28(15-9-25)29-16-10-26(11-17-29)22-23-35-32(33,34)31-20-18-30(19-21-31)27-12-6-24(4-2)7-13-27/h4,10-11,16-21,24-25,27-28H,2-3,5-9,12-15,22-23H2,1H3. The van der Waals surface area contributed by atoms with Crippen molar-refractivity contribution in [2.24, 2.45) is 11.8 Å². The summed E-state index contributed by atoms with van der Waals surface area (Å²) < 4.78 is 34.5. The topological polar surface area (TPSA) is 9.23 Å². The van der Waals surface area contributed by atoms with E-state index in [0.29, 0.717) is 24.2 Å². The number of alkyl halides is 2. The fourth-order valence-corrected chi connectivity index (χ4v) is 6.17.